The SMILES string of the molecule is Cc1c(C(F)F)noc1-c1ccc(C(=O)O)s1. The normalized spacial score (nSPS) is 11.1. The molecule has 2 heterocycles. The van der Waals surface area contributed by atoms with Crippen molar-refractivity contribution >= 4 is 17.3 Å². The lowest BCUT2D eigenvalue weighted by Gasteiger charge is -1.93. The number of rotatable bonds is 3. The Hall–Kier alpha value is -1.76. The lowest BCUT2D eigenvalue weighted by atomic mass is 10.2. The van der Waals surface area contributed by atoms with Crippen LogP contribution in [0.25, 0.3) is 10.6 Å². The van der Waals surface area contributed by atoms with Gasteiger partial charge in [0.15, 0.2) is 11.5 Å². The fourth-order valence-electron chi connectivity index (χ4n) is 1.36. The number of carboxylic acid groups (broad SMARTS) is 1. The number of hydrogen-bond acceptors (Lipinski definition) is 4. The highest BCUT2D eigenvalue weighted by atomic mass is 32.1. The molecule has 7 heteroatoms. The van der Waals surface area contributed by atoms with Crippen molar-refractivity contribution in [3.8, 4) is 10.6 Å². The zero-order valence-corrected chi connectivity index (χ0v) is 9.42. The first-order valence-electron chi connectivity index (χ1n) is 4.58. The molecule has 0 saturated carbocycles. The van der Waals surface area contributed by atoms with E-state index >= 15 is 0 Å². The van der Waals surface area contributed by atoms with Crippen molar-refractivity contribution in [3.63, 3.8) is 0 Å². The highest BCUT2D eigenvalue weighted by Crippen LogP contribution is 2.34. The van der Waals surface area contributed by atoms with Crippen LogP contribution in [0.4, 0.5) is 8.78 Å². The van der Waals surface area contributed by atoms with Gasteiger partial charge in [0, 0.05) is 5.56 Å². The van der Waals surface area contributed by atoms with Gasteiger partial charge in [0.1, 0.15) is 4.88 Å². The van der Waals surface area contributed by atoms with E-state index in [4.69, 9.17) is 9.63 Å². The van der Waals surface area contributed by atoms with Crippen molar-refractivity contribution in [2.24, 2.45) is 0 Å². The van der Waals surface area contributed by atoms with Crippen molar-refractivity contribution in [3.05, 3.63) is 28.3 Å². The van der Waals surface area contributed by atoms with Gasteiger partial charge in [-0.2, -0.15) is 0 Å². The summed E-state index contributed by atoms with van der Waals surface area (Å²) in [5, 5.41) is 12.0. The van der Waals surface area contributed by atoms with Crippen LogP contribution in [0, 0.1) is 6.92 Å². The smallest absolute Gasteiger partial charge is 0.345 e. The zero-order chi connectivity index (χ0) is 12.6. The van der Waals surface area contributed by atoms with Crippen LogP contribution in [-0.4, -0.2) is 16.2 Å². The number of halogens is 2. The Bertz CT molecular complexity index is 562. The molecule has 4 nitrogen and oxygen atoms in total. The lowest BCUT2D eigenvalue weighted by molar-refractivity contribution is 0.0702. The molecule has 0 saturated heterocycles. The Morgan fingerprint density at radius 2 is 2.24 bits per heavy atom. The lowest BCUT2D eigenvalue weighted by Crippen LogP contribution is -1.89. The molecule has 0 unspecified atom stereocenters. The van der Waals surface area contributed by atoms with E-state index in [1.807, 2.05) is 0 Å². The van der Waals surface area contributed by atoms with Crippen LogP contribution in [0.1, 0.15) is 27.4 Å². The predicted molar refractivity (Wildman–Crippen MR) is 56.5 cm³/mol. The molecule has 1 N–H and O–H groups in total. The zero-order valence-electron chi connectivity index (χ0n) is 8.61. The van der Waals surface area contributed by atoms with E-state index in [9.17, 15) is 13.6 Å². The summed E-state index contributed by atoms with van der Waals surface area (Å²) in [4.78, 5) is 11.3. The monoisotopic (exact) mass is 259 g/mol. The number of aromatic nitrogens is 1. The molecule has 17 heavy (non-hydrogen) atoms. The molecular weight excluding hydrogens is 252 g/mol. The molecule has 0 aromatic carbocycles. The molecule has 0 fully saturated rings. The standard InChI is InChI=1S/C10H7F2NO3S/c1-4-7(9(11)12)13-16-8(4)5-2-3-6(17-5)10(14)15/h2-3,9H,1H3,(H,14,15). The first-order valence-corrected chi connectivity index (χ1v) is 5.40. The molecule has 0 spiro atoms. The third-order valence-corrected chi connectivity index (χ3v) is 3.28. The molecule has 2 aromatic rings. The highest BCUT2D eigenvalue weighted by molar-refractivity contribution is 7.17. The van der Waals surface area contributed by atoms with E-state index in [0.717, 1.165) is 11.3 Å². The van der Waals surface area contributed by atoms with Crippen LogP contribution in [0.15, 0.2) is 16.7 Å². The van der Waals surface area contributed by atoms with Gasteiger partial charge in [0.2, 0.25) is 0 Å². The van der Waals surface area contributed by atoms with Crippen molar-refractivity contribution in [2.45, 2.75) is 13.3 Å². The molecule has 0 aliphatic carbocycles. The Morgan fingerprint density at radius 3 is 2.71 bits per heavy atom. The summed E-state index contributed by atoms with van der Waals surface area (Å²) in [6.45, 7) is 1.47. The van der Waals surface area contributed by atoms with E-state index in [1.54, 1.807) is 0 Å². The van der Waals surface area contributed by atoms with Gasteiger partial charge in [-0.1, -0.05) is 5.16 Å². The van der Waals surface area contributed by atoms with Gasteiger partial charge in [-0.05, 0) is 19.1 Å². The first kappa shape index (κ1) is 11.7. The predicted octanol–water partition coefficient (Wildman–Crippen LogP) is 3.35. The van der Waals surface area contributed by atoms with Crippen molar-refractivity contribution in [1.29, 1.82) is 0 Å². The van der Waals surface area contributed by atoms with Crippen LogP contribution in [-0.2, 0) is 0 Å². The molecule has 0 amide bonds. The van der Waals surface area contributed by atoms with Gasteiger partial charge in [-0.15, -0.1) is 11.3 Å². The highest BCUT2D eigenvalue weighted by Gasteiger charge is 2.22. The second-order valence-electron chi connectivity index (χ2n) is 3.29. The third kappa shape index (κ3) is 2.05. The minimum absolute atomic E-state index is 0.120. The summed E-state index contributed by atoms with van der Waals surface area (Å²) < 4.78 is 29.8. The number of alkyl halides is 2. The molecule has 0 radical (unpaired) electrons. The minimum Gasteiger partial charge on any atom is -0.477 e. The number of aromatic carboxylic acids is 1. The molecule has 2 rings (SSSR count). The molecule has 0 aliphatic rings. The second-order valence-corrected chi connectivity index (χ2v) is 4.38. The summed E-state index contributed by atoms with van der Waals surface area (Å²) in [6.07, 6.45) is -2.70. The third-order valence-electron chi connectivity index (χ3n) is 2.21. The Labute approximate surface area is 98.5 Å². The van der Waals surface area contributed by atoms with E-state index in [1.165, 1.54) is 19.1 Å². The average molecular weight is 259 g/mol. The number of nitrogens with zero attached hydrogens (tertiary/aromatic N) is 1. The summed E-state index contributed by atoms with van der Waals surface area (Å²) in [6, 6.07) is 2.91. The first-order chi connectivity index (χ1) is 8.00. The molecule has 90 valence electrons. The topological polar surface area (TPSA) is 63.3 Å². The van der Waals surface area contributed by atoms with E-state index < -0.39 is 18.1 Å². The van der Waals surface area contributed by atoms with Crippen molar-refractivity contribution < 1.29 is 23.2 Å². The summed E-state index contributed by atoms with van der Waals surface area (Å²) >= 11 is 0.955. The van der Waals surface area contributed by atoms with Crippen LogP contribution >= 0.6 is 11.3 Å². The van der Waals surface area contributed by atoms with Gasteiger partial charge >= 0.3 is 5.97 Å². The fraction of sp³-hybridized carbons (Fsp3) is 0.200. The van der Waals surface area contributed by atoms with Gasteiger partial charge in [0.25, 0.3) is 6.43 Å². The molecule has 2 aromatic heterocycles. The van der Waals surface area contributed by atoms with E-state index in [2.05, 4.69) is 5.16 Å². The van der Waals surface area contributed by atoms with Crippen molar-refractivity contribution in [2.75, 3.05) is 0 Å². The number of hydrogen-bond donors (Lipinski definition) is 1. The second kappa shape index (κ2) is 4.25. The van der Waals surface area contributed by atoms with Gasteiger partial charge in [0.05, 0.1) is 4.88 Å². The summed E-state index contributed by atoms with van der Waals surface area (Å²) in [5.41, 5.74) is -0.177. The maximum absolute atomic E-state index is 12.5. The number of thiophene rings is 1. The Morgan fingerprint density at radius 1 is 1.53 bits per heavy atom. The summed E-state index contributed by atoms with van der Waals surface area (Å²) in [5.74, 6) is -0.870. The Balaban J connectivity index is 2.43. The fourth-order valence-corrected chi connectivity index (χ4v) is 2.24. The maximum atomic E-state index is 12.5. The molecular formula is C10H7F2NO3S. The Kier molecular flexibility index (Phi) is 2.93. The molecule has 0 bridgehead atoms. The van der Waals surface area contributed by atoms with Crippen LogP contribution in [0.5, 0.6) is 0 Å². The van der Waals surface area contributed by atoms with E-state index in [0.29, 0.717) is 4.88 Å². The van der Waals surface area contributed by atoms with Crippen LogP contribution in [0.3, 0.4) is 0 Å². The van der Waals surface area contributed by atoms with Gasteiger partial charge in [-0.3, -0.25) is 0 Å². The number of carbonyl (C=O) groups is 1. The molecule has 0 atom stereocenters. The van der Waals surface area contributed by atoms with Gasteiger partial charge in [-0.25, -0.2) is 13.6 Å². The molecule has 0 aliphatic heterocycles. The quantitative estimate of drug-likeness (QED) is 0.918. The van der Waals surface area contributed by atoms with Crippen LogP contribution in [0.2, 0.25) is 0 Å². The number of carboxylic acids is 1. The largest absolute Gasteiger partial charge is 0.477 e. The van der Waals surface area contributed by atoms with Crippen LogP contribution < -0.4 is 0 Å². The summed E-state index contributed by atoms with van der Waals surface area (Å²) in [7, 11) is 0. The maximum Gasteiger partial charge on any atom is 0.345 e. The average Bonchev–Trinajstić information content (AvgIpc) is 2.82. The van der Waals surface area contributed by atoms with Crippen molar-refractivity contribution in [1.82, 2.24) is 5.16 Å². The van der Waals surface area contributed by atoms with Gasteiger partial charge < -0.3 is 9.63 Å². The minimum atomic E-state index is -2.70. The van der Waals surface area contributed by atoms with E-state index in [-0.39, 0.29) is 16.2 Å².